The Bertz CT molecular complexity index is 778. The highest BCUT2D eigenvalue weighted by molar-refractivity contribution is 5.87. The molecule has 1 N–H and O–H groups in total. The van der Waals surface area contributed by atoms with Gasteiger partial charge in [0.1, 0.15) is 17.6 Å². The van der Waals surface area contributed by atoms with E-state index in [1.165, 1.54) is 17.0 Å². The van der Waals surface area contributed by atoms with Crippen LogP contribution in [0.3, 0.4) is 0 Å². The van der Waals surface area contributed by atoms with Gasteiger partial charge in [-0.1, -0.05) is 30.3 Å². The summed E-state index contributed by atoms with van der Waals surface area (Å²) in [4.78, 5) is 26.9. The number of hydrogen-bond acceptors (Lipinski definition) is 3. The molecule has 0 aromatic heterocycles. The van der Waals surface area contributed by atoms with Gasteiger partial charge < -0.3 is 15.0 Å². The maximum Gasteiger partial charge on any atom is 0.242 e. The molecule has 0 unspecified atom stereocenters. The number of rotatable bonds is 10. The monoisotopic (exact) mass is 400 g/mol. The Morgan fingerprint density at radius 3 is 2.31 bits per heavy atom. The fourth-order valence-corrected chi connectivity index (χ4v) is 2.85. The van der Waals surface area contributed by atoms with Gasteiger partial charge in [-0.15, -0.1) is 0 Å². The second-order valence-electron chi connectivity index (χ2n) is 7.25. The molecule has 2 aromatic carbocycles. The van der Waals surface area contributed by atoms with Gasteiger partial charge in [-0.2, -0.15) is 0 Å². The summed E-state index contributed by atoms with van der Waals surface area (Å²) in [6.07, 6.45) is 0.791. The molecule has 0 bridgehead atoms. The van der Waals surface area contributed by atoms with Crippen molar-refractivity contribution in [3.05, 3.63) is 66.0 Å². The highest BCUT2D eigenvalue weighted by Gasteiger charge is 2.26. The zero-order chi connectivity index (χ0) is 21.2. The number of carbonyl (C=O) groups excluding carboxylic acids is 2. The van der Waals surface area contributed by atoms with Gasteiger partial charge in [-0.05, 0) is 57.0 Å². The van der Waals surface area contributed by atoms with Crippen molar-refractivity contribution in [2.24, 2.45) is 0 Å². The van der Waals surface area contributed by atoms with E-state index in [1.807, 2.05) is 44.2 Å². The molecule has 0 radical (unpaired) electrons. The third kappa shape index (κ3) is 7.56. The number of para-hydroxylation sites is 1. The second kappa shape index (κ2) is 11.2. The van der Waals surface area contributed by atoms with Crippen molar-refractivity contribution in [1.29, 1.82) is 0 Å². The van der Waals surface area contributed by atoms with Crippen molar-refractivity contribution in [1.82, 2.24) is 10.2 Å². The Balaban J connectivity index is 1.99. The number of hydrogen-bond donors (Lipinski definition) is 1. The van der Waals surface area contributed by atoms with Crippen LogP contribution >= 0.6 is 0 Å². The zero-order valence-corrected chi connectivity index (χ0v) is 17.2. The van der Waals surface area contributed by atoms with Crippen LogP contribution in [0, 0.1) is 5.82 Å². The first kappa shape index (κ1) is 22.4. The first-order valence-corrected chi connectivity index (χ1v) is 9.89. The standard InChI is InChI=1S/C23H29FN2O3/c1-17(2)25-23(28)18(3)26(16-19-11-13-20(24)14-12-19)22(27)10-7-15-29-21-8-5-4-6-9-21/h4-6,8-9,11-14,17-18H,7,10,15-16H2,1-3H3,(H,25,28)/t18-/m0/s1. The van der Waals surface area contributed by atoms with Crippen LogP contribution in [0.1, 0.15) is 39.2 Å². The minimum Gasteiger partial charge on any atom is -0.494 e. The highest BCUT2D eigenvalue weighted by atomic mass is 19.1. The van der Waals surface area contributed by atoms with Crippen LogP contribution in [0.15, 0.2) is 54.6 Å². The molecule has 0 aliphatic carbocycles. The molecule has 156 valence electrons. The molecule has 0 aliphatic heterocycles. The normalized spacial score (nSPS) is 11.8. The fourth-order valence-electron chi connectivity index (χ4n) is 2.85. The van der Waals surface area contributed by atoms with Crippen molar-refractivity contribution in [2.75, 3.05) is 6.61 Å². The molecule has 29 heavy (non-hydrogen) atoms. The van der Waals surface area contributed by atoms with Gasteiger partial charge in [0.2, 0.25) is 11.8 Å². The molecule has 0 fully saturated rings. The largest absolute Gasteiger partial charge is 0.494 e. The summed E-state index contributed by atoms with van der Waals surface area (Å²) >= 11 is 0. The lowest BCUT2D eigenvalue weighted by Crippen LogP contribution is -2.49. The average molecular weight is 400 g/mol. The topological polar surface area (TPSA) is 58.6 Å². The van der Waals surface area contributed by atoms with E-state index in [-0.39, 0.29) is 36.6 Å². The Labute approximate surface area is 171 Å². The molecule has 5 nitrogen and oxygen atoms in total. The molecule has 2 rings (SSSR count). The number of nitrogens with zero attached hydrogens (tertiary/aromatic N) is 1. The molecule has 2 aromatic rings. The van der Waals surface area contributed by atoms with Gasteiger partial charge in [-0.25, -0.2) is 4.39 Å². The predicted octanol–water partition coefficient (Wildman–Crippen LogP) is 3.93. The summed E-state index contributed by atoms with van der Waals surface area (Å²) in [5.41, 5.74) is 0.768. The molecule has 2 amide bonds. The number of nitrogens with one attached hydrogen (secondary N) is 1. The lowest BCUT2D eigenvalue weighted by atomic mass is 10.1. The molecule has 0 heterocycles. The Hall–Kier alpha value is -2.89. The Morgan fingerprint density at radius 2 is 1.69 bits per heavy atom. The molecule has 1 atom stereocenters. The van der Waals surface area contributed by atoms with Crippen LogP contribution in [0.2, 0.25) is 0 Å². The third-order valence-corrected chi connectivity index (χ3v) is 4.41. The van der Waals surface area contributed by atoms with E-state index >= 15 is 0 Å². The molecular weight excluding hydrogens is 371 g/mol. The van der Waals surface area contributed by atoms with E-state index in [0.717, 1.165) is 11.3 Å². The molecule has 0 aliphatic rings. The zero-order valence-electron chi connectivity index (χ0n) is 17.2. The number of carbonyl (C=O) groups is 2. The van der Waals surface area contributed by atoms with Crippen LogP contribution in [-0.4, -0.2) is 35.4 Å². The van der Waals surface area contributed by atoms with Crippen LogP contribution in [0.5, 0.6) is 5.75 Å². The van der Waals surface area contributed by atoms with Crippen molar-refractivity contribution in [3.63, 3.8) is 0 Å². The maximum absolute atomic E-state index is 13.2. The van der Waals surface area contributed by atoms with E-state index in [9.17, 15) is 14.0 Å². The first-order chi connectivity index (χ1) is 13.9. The third-order valence-electron chi connectivity index (χ3n) is 4.41. The number of amides is 2. The van der Waals surface area contributed by atoms with Crippen LogP contribution in [0.4, 0.5) is 4.39 Å². The van der Waals surface area contributed by atoms with E-state index < -0.39 is 6.04 Å². The summed E-state index contributed by atoms with van der Waals surface area (Å²) in [6.45, 7) is 6.10. The molecule has 0 spiro atoms. The van der Waals surface area contributed by atoms with Crippen molar-refractivity contribution < 1.29 is 18.7 Å². The van der Waals surface area contributed by atoms with Gasteiger partial charge in [0.15, 0.2) is 0 Å². The molecule has 6 heteroatoms. The van der Waals surface area contributed by atoms with Gasteiger partial charge in [0.25, 0.3) is 0 Å². The molecule has 0 saturated heterocycles. The van der Waals surface area contributed by atoms with Crippen LogP contribution < -0.4 is 10.1 Å². The Morgan fingerprint density at radius 1 is 1.03 bits per heavy atom. The van der Waals surface area contributed by atoms with E-state index in [0.29, 0.717) is 13.0 Å². The highest BCUT2D eigenvalue weighted by Crippen LogP contribution is 2.14. The van der Waals surface area contributed by atoms with Crippen molar-refractivity contribution >= 4 is 11.8 Å². The lowest BCUT2D eigenvalue weighted by molar-refractivity contribution is -0.141. The average Bonchev–Trinajstić information content (AvgIpc) is 2.70. The summed E-state index contributed by atoms with van der Waals surface area (Å²) in [5.74, 6) is 0.0662. The summed E-state index contributed by atoms with van der Waals surface area (Å²) in [6, 6.07) is 14.7. The molecular formula is C23H29FN2O3. The lowest BCUT2D eigenvalue weighted by Gasteiger charge is -2.29. The summed E-state index contributed by atoms with van der Waals surface area (Å²) < 4.78 is 18.8. The van der Waals surface area contributed by atoms with Crippen molar-refractivity contribution in [3.8, 4) is 5.75 Å². The second-order valence-corrected chi connectivity index (χ2v) is 7.25. The van der Waals surface area contributed by atoms with Crippen molar-refractivity contribution in [2.45, 2.75) is 52.2 Å². The SMILES string of the molecule is CC(C)NC(=O)[C@H](C)N(Cc1ccc(F)cc1)C(=O)CCCOc1ccccc1. The van der Waals surface area contributed by atoms with Gasteiger partial charge in [0.05, 0.1) is 6.61 Å². The number of ether oxygens (including phenoxy) is 1. The van der Waals surface area contributed by atoms with Crippen LogP contribution in [-0.2, 0) is 16.1 Å². The van der Waals surface area contributed by atoms with E-state index in [2.05, 4.69) is 5.32 Å². The number of halogens is 1. The predicted molar refractivity (Wildman–Crippen MR) is 111 cm³/mol. The minimum absolute atomic E-state index is 0.0213. The van der Waals surface area contributed by atoms with Gasteiger partial charge >= 0.3 is 0 Å². The fraction of sp³-hybridized carbons (Fsp3) is 0.391. The summed E-state index contributed by atoms with van der Waals surface area (Å²) in [7, 11) is 0. The van der Waals surface area contributed by atoms with E-state index in [4.69, 9.17) is 4.74 Å². The number of benzene rings is 2. The van der Waals surface area contributed by atoms with Gasteiger partial charge in [0, 0.05) is 19.0 Å². The first-order valence-electron chi connectivity index (χ1n) is 9.89. The summed E-state index contributed by atoms with van der Waals surface area (Å²) in [5, 5.41) is 2.84. The van der Waals surface area contributed by atoms with Gasteiger partial charge in [-0.3, -0.25) is 9.59 Å². The van der Waals surface area contributed by atoms with Crippen LogP contribution in [0.25, 0.3) is 0 Å². The minimum atomic E-state index is -0.634. The maximum atomic E-state index is 13.2. The molecule has 0 saturated carbocycles. The Kier molecular flexibility index (Phi) is 8.65. The smallest absolute Gasteiger partial charge is 0.242 e. The van der Waals surface area contributed by atoms with E-state index in [1.54, 1.807) is 19.1 Å². The quantitative estimate of drug-likeness (QED) is 0.615.